The van der Waals surface area contributed by atoms with Crippen molar-refractivity contribution in [3.63, 3.8) is 0 Å². The summed E-state index contributed by atoms with van der Waals surface area (Å²) < 4.78 is 15.0. The van der Waals surface area contributed by atoms with Crippen LogP contribution in [0.2, 0.25) is 0 Å². The van der Waals surface area contributed by atoms with Gasteiger partial charge in [-0.05, 0) is 137 Å². The molecular weight excluding hydrogens is 1160 g/mol. The molecule has 0 radical (unpaired) electrons. The minimum absolute atomic E-state index is 0.420. The fraction of sp³-hybridized carbons (Fsp3) is 0. The maximum absolute atomic E-state index is 10.4. The first-order valence-electron chi connectivity index (χ1n) is 32.1. The molecule has 2 aliphatic rings. The molecule has 2 aliphatic heterocycles. The Labute approximate surface area is 545 Å². The van der Waals surface area contributed by atoms with Crippen LogP contribution in [0.25, 0.3) is 127 Å². The van der Waals surface area contributed by atoms with Gasteiger partial charge >= 0.3 is 0 Å². The van der Waals surface area contributed by atoms with Gasteiger partial charge in [-0.3, -0.25) is 0 Å². The number of hydrogen-bond acceptors (Lipinski definition) is 5. The topological polar surface area (TPSA) is 82.0 Å². The third-order valence-electron chi connectivity index (χ3n) is 20.0. The number of aromatic nitrogens is 3. The summed E-state index contributed by atoms with van der Waals surface area (Å²) in [4.78, 5) is 5.11. The van der Waals surface area contributed by atoms with Crippen LogP contribution in [-0.4, -0.2) is 20.4 Å². The van der Waals surface area contributed by atoms with E-state index in [0.29, 0.717) is 11.1 Å². The molecule has 0 bridgehead atoms. The lowest BCUT2D eigenvalue weighted by Crippen LogP contribution is -2.61. The lowest BCUT2D eigenvalue weighted by Gasteiger charge is -2.45. The zero-order valence-electron chi connectivity index (χ0n) is 51.0. The molecule has 0 N–H and O–H groups in total. The third kappa shape index (κ3) is 7.52. The number of benzene rings is 14. The summed E-state index contributed by atoms with van der Waals surface area (Å²) in [7, 11) is 0. The molecular formula is C86H50BN7O. The summed E-state index contributed by atoms with van der Waals surface area (Å²) in [6, 6.07) is 114. The molecule has 95 heavy (non-hydrogen) atoms. The van der Waals surface area contributed by atoms with Gasteiger partial charge in [-0.25, -0.2) is 0 Å². The second-order valence-corrected chi connectivity index (χ2v) is 24.9. The molecule has 6 heterocycles. The summed E-state index contributed by atoms with van der Waals surface area (Å²) in [5.41, 5.74) is 25.7. The van der Waals surface area contributed by atoms with E-state index in [-0.39, 0.29) is 0 Å². The van der Waals surface area contributed by atoms with Gasteiger partial charge < -0.3 is 27.9 Å². The molecule has 0 aliphatic carbocycles. The molecule has 8 nitrogen and oxygen atoms in total. The van der Waals surface area contributed by atoms with Gasteiger partial charge in [0.05, 0.1) is 84.5 Å². The smallest absolute Gasteiger partial charge is 0.257 e. The zero-order valence-corrected chi connectivity index (χ0v) is 51.0. The van der Waals surface area contributed by atoms with Crippen molar-refractivity contribution in [1.82, 2.24) is 13.7 Å². The number of para-hydroxylation sites is 7. The van der Waals surface area contributed by atoms with Crippen molar-refractivity contribution in [2.45, 2.75) is 0 Å². The monoisotopic (exact) mass is 1210 g/mol. The molecule has 438 valence electrons. The fourth-order valence-electron chi connectivity index (χ4n) is 16.2. The molecule has 9 heteroatoms. The predicted molar refractivity (Wildman–Crippen MR) is 391 cm³/mol. The fourth-order valence-corrected chi connectivity index (χ4v) is 16.2. The van der Waals surface area contributed by atoms with Crippen molar-refractivity contribution < 1.29 is 4.42 Å². The van der Waals surface area contributed by atoms with Crippen LogP contribution in [-0.2, 0) is 0 Å². The van der Waals surface area contributed by atoms with E-state index in [4.69, 9.17) is 4.42 Å². The Bertz CT molecular complexity index is 6350. The van der Waals surface area contributed by atoms with E-state index in [1.54, 1.807) is 0 Å². The average molecular weight is 1210 g/mol. The van der Waals surface area contributed by atoms with Gasteiger partial charge in [0.1, 0.15) is 11.2 Å². The highest BCUT2D eigenvalue weighted by atomic mass is 16.3. The summed E-state index contributed by atoms with van der Waals surface area (Å²) in [5.74, 6) is 0. The van der Waals surface area contributed by atoms with E-state index < -0.39 is 6.71 Å². The maximum Gasteiger partial charge on any atom is 0.257 e. The molecule has 0 unspecified atom stereocenters. The minimum atomic E-state index is -0.420. The summed E-state index contributed by atoms with van der Waals surface area (Å²) in [6.45, 7) is -0.420. The number of anilines is 6. The van der Waals surface area contributed by atoms with Gasteiger partial charge in [0.25, 0.3) is 6.71 Å². The van der Waals surface area contributed by atoms with Gasteiger partial charge in [-0.1, -0.05) is 194 Å². The molecule has 20 rings (SSSR count). The van der Waals surface area contributed by atoms with Crippen molar-refractivity contribution in [3.8, 4) is 51.5 Å². The number of nitriles is 2. The highest BCUT2D eigenvalue weighted by Gasteiger charge is 2.47. The molecule has 0 saturated heterocycles. The van der Waals surface area contributed by atoms with Crippen LogP contribution in [0.1, 0.15) is 11.1 Å². The molecule has 0 saturated carbocycles. The molecule has 14 aromatic carbocycles. The lowest BCUT2D eigenvalue weighted by molar-refractivity contribution is 0.671. The van der Waals surface area contributed by atoms with Crippen LogP contribution in [0, 0.1) is 22.7 Å². The SMILES string of the molecule is N#Cc1ccc2c(c1)c1ccccc1n2-c1ccc2c(c1)N(c1ccccc1-c1ccccc1)c1cc(-n3c4ccccc4c4ccccc43)cc3c1B2c1c(cc(-n2c4ccccc4c4cc(C#N)ccc42)c2c1oc1ccccc12)N3c1ccccc1-c1ccccc1. The number of furan rings is 1. The average Bonchev–Trinajstić information content (AvgIpc) is 1.64. The van der Waals surface area contributed by atoms with E-state index in [9.17, 15) is 10.5 Å². The Morgan fingerprint density at radius 1 is 0.295 bits per heavy atom. The molecule has 18 aromatic rings. The Morgan fingerprint density at radius 3 is 1.27 bits per heavy atom. The van der Waals surface area contributed by atoms with Crippen molar-refractivity contribution >= 4 is 145 Å². The molecule has 0 atom stereocenters. The van der Waals surface area contributed by atoms with Crippen LogP contribution in [0.3, 0.4) is 0 Å². The van der Waals surface area contributed by atoms with Gasteiger partial charge in [-0.2, -0.15) is 10.5 Å². The minimum Gasteiger partial charge on any atom is -0.456 e. The lowest BCUT2D eigenvalue weighted by atomic mass is 9.33. The van der Waals surface area contributed by atoms with Crippen LogP contribution in [0.5, 0.6) is 0 Å². The van der Waals surface area contributed by atoms with Crippen LogP contribution < -0.4 is 26.2 Å². The predicted octanol–water partition coefficient (Wildman–Crippen LogP) is 20.0. The first-order valence-corrected chi connectivity index (χ1v) is 32.1. The number of rotatable bonds is 7. The van der Waals surface area contributed by atoms with E-state index in [1.807, 2.05) is 24.3 Å². The van der Waals surface area contributed by atoms with Crippen molar-refractivity contribution in [2.75, 3.05) is 9.80 Å². The van der Waals surface area contributed by atoms with Crippen molar-refractivity contribution in [3.05, 3.63) is 314 Å². The number of fused-ring (bicyclic) bond motifs is 17. The largest absolute Gasteiger partial charge is 0.456 e. The first kappa shape index (κ1) is 52.7. The van der Waals surface area contributed by atoms with Gasteiger partial charge in [0.15, 0.2) is 0 Å². The molecule has 0 spiro atoms. The molecule has 0 amide bonds. The number of nitrogens with zero attached hydrogens (tertiary/aromatic N) is 7. The van der Waals surface area contributed by atoms with E-state index in [2.05, 4.69) is 315 Å². The number of hydrogen-bond donors (Lipinski definition) is 0. The summed E-state index contributed by atoms with van der Waals surface area (Å²) in [5, 5.41) is 29.2. The van der Waals surface area contributed by atoms with E-state index >= 15 is 0 Å². The summed E-state index contributed by atoms with van der Waals surface area (Å²) >= 11 is 0. The second-order valence-electron chi connectivity index (χ2n) is 24.9. The normalized spacial score (nSPS) is 12.5. The Hall–Kier alpha value is -13.1. The zero-order chi connectivity index (χ0) is 62.6. The van der Waals surface area contributed by atoms with Crippen LogP contribution >= 0.6 is 0 Å². The molecule has 0 fully saturated rings. The van der Waals surface area contributed by atoms with E-state index in [1.165, 1.54) is 10.8 Å². The molecule has 4 aromatic heterocycles. The van der Waals surface area contributed by atoms with Crippen LogP contribution in [0.4, 0.5) is 34.1 Å². The van der Waals surface area contributed by atoms with Gasteiger partial charge in [0.2, 0.25) is 0 Å². The van der Waals surface area contributed by atoms with Crippen molar-refractivity contribution in [1.29, 1.82) is 10.5 Å². The maximum atomic E-state index is 10.4. The standard InChI is InChI=1S/C86H50BN7O/c88-51-53-39-43-75-66(45-53)63-29-11-18-36-73(63)90(75)57-41-42-68-77(47-57)93(69-32-14-7-25-59(69)55-21-3-1-4-22-55)79-48-58(91-71-34-16-9-27-61(71)62-28-10-17-35-72(62)91)49-80-84(79)87(68)85-81(94(80)70-33-15-8-26-60(70)56-23-5-2-6-24-56)50-78(83-65-31-13-20-38-82(65)95-86(83)85)92-74-37-19-12-30-64(74)67-46-54(52-89)40-44-76(67)92/h1-50H. The van der Waals surface area contributed by atoms with E-state index in [0.717, 1.165) is 166 Å². The Kier molecular flexibility index (Phi) is 11.2. The summed E-state index contributed by atoms with van der Waals surface area (Å²) in [6.07, 6.45) is 0. The highest BCUT2D eigenvalue weighted by Crippen LogP contribution is 2.53. The Morgan fingerprint density at radius 2 is 0.716 bits per heavy atom. The van der Waals surface area contributed by atoms with Crippen LogP contribution in [0.15, 0.2) is 308 Å². The quantitative estimate of drug-likeness (QED) is 0.149. The second kappa shape index (κ2) is 20.2. The third-order valence-corrected chi connectivity index (χ3v) is 20.0. The van der Waals surface area contributed by atoms with Crippen molar-refractivity contribution in [2.24, 2.45) is 0 Å². The Balaban J connectivity index is 0.994. The van der Waals surface area contributed by atoms with Gasteiger partial charge in [0, 0.05) is 77.3 Å². The highest BCUT2D eigenvalue weighted by molar-refractivity contribution is 7.01. The first-order chi connectivity index (χ1) is 47.1. The van der Waals surface area contributed by atoms with Gasteiger partial charge in [-0.15, -0.1) is 0 Å².